The van der Waals surface area contributed by atoms with Gasteiger partial charge in [-0.15, -0.1) is 0 Å². The molecule has 1 aliphatic rings. The first-order valence-electron chi connectivity index (χ1n) is 5.43. The second kappa shape index (κ2) is 4.05. The first kappa shape index (κ1) is 10.8. The summed E-state index contributed by atoms with van der Waals surface area (Å²) in [4.78, 5) is 22.6. The molecule has 2 nitrogen and oxygen atoms in total. The van der Waals surface area contributed by atoms with Gasteiger partial charge in [-0.1, -0.05) is 12.1 Å². The number of rotatable bonds is 2. The molecule has 0 spiro atoms. The van der Waals surface area contributed by atoms with Crippen molar-refractivity contribution in [3.05, 3.63) is 40.5 Å². The molecule has 0 radical (unpaired) electrons. The third-order valence-corrected chi connectivity index (χ3v) is 3.00. The Balaban J connectivity index is 2.47. The second-order valence-corrected chi connectivity index (χ2v) is 4.20. The Morgan fingerprint density at radius 2 is 1.81 bits per heavy atom. The molecule has 1 aromatic carbocycles. The molecule has 2 rings (SSSR count). The summed E-state index contributed by atoms with van der Waals surface area (Å²) in [5.41, 5.74) is 3.80. The van der Waals surface area contributed by atoms with Gasteiger partial charge in [-0.05, 0) is 55.5 Å². The van der Waals surface area contributed by atoms with Gasteiger partial charge in [-0.3, -0.25) is 9.59 Å². The zero-order chi connectivity index (χ0) is 11.7. The summed E-state index contributed by atoms with van der Waals surface area (Å²) in [6, 6.07) is 5.72. The normalized spacial score (nSPS) is 14.0. The van der Waals surface area contributed by atoms with Gasteiger partial charge < -0.3 is 0 Å². The maximum Gasteiger partial charge on any atom is 0.159 e. The molecule has 0 heterocycles. The molecule has 82 valence electrons. The van der Waals surface area contributed by atoms with Crippen molar-refractivity contribution in [2.75, 3.05) is 0 Å². The van der Waals surface area contributed by atoms with E-state index in [0.717, 1.165) is 24.0 Å². The third-order valence-electron chi connectivity index (χ3n) is 3.00. The minimum Gasteiger partial charge on any atom is -0.295 e. The van der Waals surface area contributed by atoms with Crippen LogP contribution in [-0.4, -0.2) is 11.6 Å². The van der Waals surface area contributed by atoms with E-state index < -0.39 is 0 Å². The van der Waals surface area contributed by atoms with Crippen molar-refractivity contribution in [3.63, 3.8) is 0 Å². The van der Waals surface area contributed by atoms with Gasteiger partial charge in [0.25, 0.3) is 0 Å². The lowest BCUT2D eigenvalue weighted by atomic mass is 9.89. The Hall–Kier alpha value is -1.70. The average molecular weight is 214 g/mol. The molecule has 0 saturated carbocycles. The standard InChI is InChI=1S/C14H14O2/c1-9(15)12-5-3-11-4-6-13(10(2)16)8-14(11)7-12/h3,5,7-8H,4,6H2,1-2H3. The van der Waals surface area contributed by atoms with Crippen LogP contribution in [0.15, 0.2) is 23.8 Å². The molecule has 0 unspecified atom stereocenters. The molecule has 0 N–H and O–H groups in total. The number of Topliss-reactive ketones (excluding diaryl/α,β-unsaturated/α-hetero) is 2. The number of hydrogen-bond donors (Lipinski definition) is 0. The summed E-state index contributed by atoms with van der Waals surface area (Å²) in [5.74, 6) is 0.185. The van der Waals surface area contributed by atoms with Crippen LogP contribution >= 0.6 is 0 Å². The Kier molecular flexibility index (Phi) is 2.73. The van der Waals surface area contributed by atoms with Crippen molar-refractivity contribution < 1.29 is 9.59 Å². The summed E-state index contributed by atoms with van der Waals surface area (Å²) in [6.45, 7) is 3.14. The Bertz CT molecular complexity index is 495. The van der Waals surface area contributed by atoms with Gasteiger partial charge in [0.15, 0.2) is 11.6 Å². The molecule has 1 aromatic rings. The van der Waals surface area contributed by atoms with Crippen LogP contribution in [0.25, 0.3) is 6.08 Å². The maximum atomic E-state index is 11.3. The minimum absolute atomic E-state index is 0.0612. The van der Waals surface area contributed by atoms with Crippen molar-refractivity contribution in [3.8, 4) is 0 Å². The largest absolute Gasteiger partial charge is 0.295 e. The lowest BCUT2D eigenvalue weighted by Crippen LogP contribution is -2.06. The fourth-order valence-electron chi connectivity index (χ4n) is 1.98. The van der Waals surface area contributed by atoms with Crippen LogP contribution in [-0.2, 0) is 11.2 Å². The highest BCUT2D eigenvalue weighted by atomic mass is 16.1. The molecule has 0 atom stereocenters. The van der Waals surface area contributed by atoms with E-state index in [1.54, 1.807) is 13.8 Å². The molecule has 0 bridgehead atoms. The quantitative estimate of drug-likeness (QED) is 0.709. The van der Waals surface area contributed by atoms with E-state index in [-0.39, 0.29) is 11.6 Å². The van der Waals surface area contributed by atoms with Crippen LogP contribution in [0.5, 0.6) is 0 Å². The predicted molar refractivity (Wildman–Crippen MR) is 63.4 cm³/mol. The van der Waals surface area contributed by atoms with E-state index in [9.17, 15) is 9.59 Å². The highest BCUT2D eigenvalue weighted by Crippen LogP contribution is 2.25. The van der Waals surface area contributed by atoms with Crippen molar-refractivity contribution in [2.24, 2.45) is 0 Å². The monoisotopic (exact) mass is 214 g/mol. The van der Waals surface area contributed by atoms with Gasteiger partial charge >= 0.3 is 0 Å². The van der Waals surface area contributed by atoms with E-state index in [0.29, 0.717) is 5.56 Å². The zero-order valence-corrected chi connectivity index (χ0v) is 9.54. The maximum absolute atomic E-state index is 11.3. The molecule has 2 heteroatoms. The Labute approximate surface area is 95.0 Å². The topological polar surface area (TPSA) is 34.1 Å². The van der Waals surface area contributed by atoms with E-state index in [1.165, 1.54) is 5.56 Å². The third kappa shape index (κ3) is 1.96. The number of allylic oxidation sites excluding steroid dienone is 1. The van der Waals surface area contributed by atoms with Crippen LogP contribution in [0.1, 0.15) is 41.8 Å². The van der Waals surface area contributed by atoms with Crippen LogP contribution in [0, 0.1) is 0 Å². The Morgan fingerprint density at radius 1 is 1.06 bits per heavy atom. The molecule has 1 aliphatic carbocycles. The van der Waals surface area contributed by atoms with Crippen LogP contribution < -0.4 is 0 Å². The van der Waals surface area contributed by atoms with Crippen LogP contribution in [0.4, 0.5) is 0 Å². The van der Waals surface area contributed by atoms with Gasteiger partial charge in [0.2, 0.25) is 0 Å². The zero-order valence-electron chi connectivity index (χ0n) is 9.54. The number of fused-ring (bicyclic) bond motifs is 1. The number of benzene rings is 1. The molecule has 0 saturated heterocycles. The molecular weight excluding hydrogens is 200 g/mol. The second-order valence-electron chi connectivity index (χ2n) is 4.20. The summed E-state index contributed by atoms with van der Waals surface area (Å²) in [6.07, 6.45) is 3.61. The molecule has 0 aliphatic heterocycles. The van der Waals surface area contributed by atoms with Crippen LogP contribution in [0.2, 0.25) is 0 Å². The summed E-state index contributed by atoms with van der Waals surface area (Å²) < 4.78 is 0. The fraction of sp³-hybridized carbons (Fsp3) is 0.286. The first-order valence-corrected chi connectivity index (χ1v) is 5.43. The summed E-state index contributed by atoms with van der Waals surface area (Å²) in [5, 5.41) is 0. The van der Waals surface area contributed by atoms with Gasteiger partial charge in [0.1, 0.15) is 0 Å². The number of ketones is 2. The van der Waals surface area contributed by atoms with E-state index >= 15 is 0 Å². The van der Waals surface area contributed by atoms with E-state index in [4.69, 9.17) is 0 Å². The first-order chi connectivity index (χ1) is 7.58. The molecule has 16 heavy (non-hydrogen) atoms. The smallest absolute Gasteiger partial charge is 0.159 e. The van der Waals surface area contributed by atoms with Gasteiger partial charge in [-0.25, -0.2) is 0 Å². The molecule has 0 fully saturated rings. The number of carbonyl (C=O) groups is 2. The summed E-state index contributed by atoms with van der Waals surface area (Å²) in [7, 11) is 0. The lowest BCUT2D eigenvalue weighted by molar-refractivity contribution is -0.113. The van der Waals surface area contributed by atoms with Crippen molar-refractivity contribution in [2.45, 2.75) is 26.7 Å². The molecule has 0 amide bonds. The Morgan fingerprint density at radius 3 is 2.44 bits per heavy atom. The van der Waals surface area contributed by atoms with Crippen molar-refractivity contribution >= 4 is 17.6 Å². The van der Waals surface area contributed by atoms with Gasteiger partial charge in [0.05, 0.1) is 0 Å². The predicted octanol–water partition coefficient (Wildman–Crippen LogP) is 2.81. The minimum atomic E-state index is 0.0612. The van der Waals surface area contributed by atoms with E-state index in [1.807, 2.05) is 24.3 Å². The van der Waals surface area contributed by atoms with Gasteiger partial charge in [-0.2, -0.15) is 0 Å². The van der Waals surface area contributed by atoms with Crippen LogP contribution in [0.3, 0.4) is 0 Å². The molecule has 0 aromatic heterocycles. The number of aryl methyl sites for hydroxylation is 1. The SMILES string of the molecule is CC(=O)C1=Cc2cc(C(C)=O)ccc2CC1. The van der Waals surface area contributed by atoms with Crippen molar-refractivity contribution in [1.82, 2.24) is 0 Å². The number of carbonyl (C=O) groups excluding carboxylic acids is 2. The fourth-order valence-corrected chi connectivity index (χ4v) is 1.98. The summed E-state index contributed by atoms with van der Waals surface area (Å²) >= 11 is 0. The van der Waals surface area contributed by atoms with Crippen molar-refractivity contribution in [1.29, 1.82) is 0 Å². The number of hydrogen-bond acceptors (Lipinski definition) is 2. The molecular formula is C14H14O2. The highest BCUT2D eigenvalue weighted by molar-refractivity contribution is 5.99. The average Bonchev–Trinajstić information content (AvgIpc) is 2.27. The highest BCUT2D eigenvalue weighted by Gasteiger charge is 2.14. The van der Waals surface area contributed by atoms with E-state index in [2.05, 4.69) is 0 Å². The lowest BCUT2D eigenvalue weighted by Gasteiger charge is -2.15. The van der Waals surface area contributed by atoms with Gasteiger partial charge in [0, 0.05) is 5.56 Å².